The number of rotatable bonds is 48. The van der Waals surface area contributed by atoms with E-state index in [4.69, 9.17) is 42.6 Å². The average Bonchev–Trinajstić information content (AvgIpc) is 0.850. The van der Waals surface area contributed by atoms with E-state index >= 15 is 0 Å². The number of esters is 5. The minimum Gasteiger partial charge on any atom is -0.494 e. The second-order valence-corrected chi connectivity index (χ2v) is 24.1. The van der Waals surface area contributed by atoms with Crippen molar-refractivity contribution in [1.82, 2.24) is 0 Å². The third-order valence-electron chi connectivity index (χ3n) is 16.0. The van der Waals surface area contributed by atoms with Crippen molar-refractivity contribution in [2.45, 2.75) is 181 Å². The van der Waals surface area contributed by atoms with E-state index in [1.807, 2.05) is 79.7 Å². The standard InChI is InChI=1S/C41H49NO10.C39H49NO8/c1-4-39(43)49-28-14-12-10-8-6-7-9-11-13-27-48-35-23-21-33(22-24-35)32-17-19-34(20-18-32)41(45)52-36-25-26-38(37(30-36)42(46)47)51-31(3)16-15-29-50-40(44)5-2;1-4-6-16-30(3)47-37-26-25-35(29-36(37)40(43)44)48-39(42)33-19-17-31(18-20-33)32-21-23-34(24-22-32)45-27-14-12-10-8-7-9-11-13-15-28-46-38(41)5-2/h4-5,17-26,30-31H,1-2,6-16,27-29H2,3H3;5,17-26,29-30H,2,4,6-16,27-28H2,1,3H3/t31-;30-/m11/s1. The Hall–Kier alpha value is -10.1. The summed E-state index contributed by atoms with van der Waals surface area (Å²) in [6, 6.07) is 37.8. The Bertz CT molecular complexity index is 3500. The first-order valence-electron chi connectivity index (χ1n) is 34.9. The minimum atomic E-state index is -0.651. The molecule has 0 saturated heterocycles. The molecule has 0 aromatic heterocycles. The van der Waals surface area contributed by atoms with Crippen LogP contribution in [0.4, 0.5) is 11.4 Å². The Morgan fingerprint density at radius 3 is 0.970 bits per heavy atom. The van der Waals surface area contributed by atoms with Crippen LogP contribution in [0.25, 0.3) is 22.3 Å². The summed E-state index contributed by atoms with van der Waals surface area (Å²) in [6.45, 7) is 18.3. The maximum atomic E-state index is 12.9. The van der Waals surface area contributed by atoms with Gasteiger partial charge in [-0.05, 0) is 154 Å². The molecule has 20 nitrogen and oxygen atoms in total. The van der Waals surface area contributed by atoms with Crippen LogP contribution in [0.5, 0.6) is 34.5 Å². The summed E-state index contributed by atoms with van der Waals surface area (Å²) >= 11 is 0. The number of carbonyl (C=O) groups is 5. The molecule has 0 aliphatic heterocycles. The zero-order valence-electron chi connectivity index (χ0n) is 58.3. The molecular weight excluding hydrogens is 1280 g/mol. The lowest BCUT2D eigenvalue weighted by Crippen LogP contribution is -2.14. The van der Waals surface area contributed by atoms with Crippen molar-refractivity contribution in [1.29, 1.82) is 0 Å². The summed E-state index contributed by atoms with van der Waals surface area (Å²) in [5.41, 5.74) is 3.84. The Morgan fingerprint density at radius 2 is 0.660 bits per heavy atom. The van der Waals surface area contributed by atoms with E-state index in [0.29, 0.717) is 50.4 Å². The Kier molecular flexibility index (Phi) is 37.9. The molecule has 0 saturated carbocycles. The lowest BCUT2D eigenvalue weighted by atomic mass is 10.0. The molecule has 0 spiro atoms. The molecule has 0 aliphatic carbocycles. The average molecular weight is 1380 g/mol. The number of hydrogen-bond acceptors (Lipinski definition) is 18. The summed E-state index contributed by atoms with van der Waals surface area (Å²) in [7, 11) is 0. The predicted molar refractivity (Wildman–Crippen MR) is 386 cm³/mol. The molecule has 0 radical (unpaired) electrons. The van der Waals surface area contributed by atoms with Crippen molar-refractivity contribution in [3.63, 3.8) is 0 Å². The number of benzene rings is 6. The number of ether oxygens (including phenoxy) is 9. The molecule has 0 heterocycles. The maximum Gasteiger partial charge on any atom is 0.343 e. The zero-order valence-corrected chi connectivity index (χ0v) is 58.3. The number of hydrogen-bond donors (Lipinski definition) is 0. The first kappa shape index (κ1) is 80.6. The number of nitro groups is 2. The van der Waals surface area contributed by atoms with Crippen LogP contribution in [-0.4, -0.2) is 84.9 Å². The highest BCUT2D eigenvalue weighted by Gasteiger charge is 2.23. The molecule has 6 aromatic rings. The van der Waals surface area contributed by atoms with Crippen LogP contribution in [0.1, 0.15) is 189 Å². The summed E-state index contributed by atoms with van der Waals surface area (Å²) in [6.07, 6.45) is 26.9. The predicted octanol–water partition coefficient (Wildman–Crippen LogP) is 19.4. The molecule has 0 unspecified atom stereocenters. The van der Waals surface area contributed by atoms with Crippen LogP contribution in [0.2, 0.25) is 0 Å². The van der Waals surface area contributed by atoms with Crippen molar-refractivity contribution in [3.8, 4) is 56.8 Å². The SMILES string of the molecule is C=CC(=O)OCCCCCCCCCCCOc1ccc(-c2ccc(C(=O)Oc3ccc(O[C@H](C)CCCC)c([N+](=O)[O-])c3)cc2)cc1.C=CC(=O)OCCCCCCCCCCCOc1ccc(-c2ccc(C(=O)Oc3ccc(O[C@H](C)CCCOC(=O)C=C)c([N+](=O)[O-])c3)cc2)cc1. The van der Waals surface area contributed by atoms with Crippen LogP contribution in [0, 0.1) is 20.2 Å². The molecule has 20 heteroatoms. The van der Waals surface area contributed by atoms with E-state index in [0.717, 1.165) is 123 Å². The number of unbranched alkanes of at least 4 members (excludes halogenated alkanes) is 17. The van der Waals surface area contributed by atoms with Gasteiger partial charge < -0.3 is 42.6 Å². The van der Waals surface area contributed by atoms with Gasteiger partial charge >= 0.3 is 41.2 Å². The monoisotopic (exact) mass is 1370 g/mol. The first-order chi connectivity index (χ1) is 48.5. The summed E-state index contributed by atoms with van der Waals surface area (Å²) in [5.74, 6) is -0.572. The molecule has 6 aromatic carbocycles. The fourth-order valence-corrected chi connectivity index (χ4v) is 10.4. The highest BCUT2D eigenvalue weighted by atomic mass is 16.6. The lowest BCUT2D eigenvalue weighted by molar-refractivity contribution is -0.386. The molecule has 0 bridgehead atoms. The van der Waals surface area contributed by atoms with E-state index < -0.39 is 27.8 Å². The quantitative estimate of drug-likeness (QED) is 0.00654. The molecule has 0 aliphatic rings. The van der Waals surface area contributed by atoms with Gasteiger partial charge in [0.05, 0.1) is 78.3 Å². The number of nitrogens with zero attached hydrogens (tertiary/aromatic N) is 2. The second-order valence-electron chi connectivity index (χ2n) is 24.1. The van der Waals surface area contributed by atoms with E-state index in [-0.39, 0.29) is 65.1 Å². The topological polar surface area (TPSA) is 255 Å². The molecule has 0 N–H and O–H groups in total. The van der Waals surface area contributed by atoms with E-state index in [2.05, 4.69) is 26.7 Å². The van der Waals surface area contributed by atoms with Crippen molar-refractivity contribution in [2.75, 3.05) is 33.0 Å². The fraction of sp³-hybridized carbons (Fsp3) is 0.412. The van der Waals surface area contributed by atoms with Gasteiger partial charge in [0, 0.05) is 18.2 Å². The Balaban J connectivity index is 0.000000362. The van der Waals surface area contributed by atoms with Crippen molar-refractivity contribution < 1.29 is 76.5 Å². The fourth-order valence-electron chi connectivity index (χ4n) is 10.4. The molecule has 0 amide bonds. The smallest absolute Gasteiger partial charge is 0.343 e. The van der Waals surface area contributed by atoms with Gasteiger partial charge in [-0.1, -0.05) is 178 Å². The maximum absolute atomic E-state index is 12.9. The van der Waals surface area contributed by atoms with Gasteiger partial charge in [0.2, 0.25) is 0 Å². The van der Waals surface area contributed by atoms with Gasteiger partial charge in [0.25, 0.3) is 0 Å². The third kappa shape index (κ3) is 31.6. The van der Waals surface area contributed by atoms with Gasteiger partial charge in [-0.15, -0.1) is 0 Å². The Morgan fingerprint density at radius 1 is 0.380 bits per heavy atom. The highest BCUT2D eigenvalue weighted by molar-refractivity contribution is 5.92. The van der Waals surface area contributed by atoms with Crippen LogP contribution in [0.3, 0.4) is 0 Å². The number of nitro benzene ring substituents is 2. The molecule has 536 valence electrons. The van der Waals surface area contributed by atoms with Crippen molar-refractivity contribution >= 4 is 41.2 Å². The second kappa shape index (κ2) is 47.0. The van der Waals surface area contributed by atoms with Crippen LogP contribution < -0.4 is 28.4 Å². The lowest BCUT2D eigenvalue weighted by Gasteiger charge is -2.15. The van der Waals surface area contributed by atoms with Gasteiger partial charge in [-0.2, -0.15) is 0 Å². The van der Waals surface area contributed by atoms with Crippen LogP contribution in [0.15, 0.2) is 171 Å². The molecular formula is C80H98N2O18. The minimum absolute atomic E-state index is 0.0154. The summed E-state index contributed by atoms with van der Waals surface area (Å²) in [4.78, 5) is 81.0. The van der Waals surface area contributed by atoms with Crippen LogP contribution >= 0.6 is 0 Å². The highest BCUT2D eigenvalue weighted by Crippen LogP contribution is 2.35. The largest absolute Gasteiger partial charge is 0.494 e. The van der Waals surface area contributed by atoms with E-state index in [1.165, 1.54) is 100 Å². The normalized spacial score (nSPS) is 11.3. The van der Waals surface area contributed by atoms with Gasteiger partial charge in [-0.25, -0.2) is 24.0 Å². The van der Waals surface area contributed by atoms with Gasteiger partial charge in [0.15, 0.2) is 11.5 Å². The molecule has 0 fully saturated rings. The van der Waals surface area contributed by atoms with E-state index in [9.17, 15) is 44.2 Å². The van der Waals surface area contributed by atoms with Crippen LogP contribution in [-0.2, 0) is 28.6 Å². The molecule has 2 atom stereocenters. The van der Waals surface area contributed by atoms with E-state index in [1.54, 1.807) is 31.2 Å². The van der Waals surface area contributed by atoms with Gasteiger partial charge in [-0.3, -0.25) is 20.2 Å². The first-order valence-corrected chi connectivity index (χ1v) is 34.9. The third-order valence-corrected chi connectivity index (χ3v) is 16.0. The summed E-state index contributed by atoms with van der Waals surface area (Å²) < 4.78 is 49.2. The number of carbonyl (C=O) groups excluding carboxylic acids is 5. The van der Waals surface area contributed by atoms with Gasteiger partial charge in [0.1, 0.15) is 23.0 Å². The van der Waals surface area contributed by atoms with Crippen molar-refractivity contribution in [2.24, 2.45) is 0 Å². The Labute approximate surface area is 588 Å². The molecule has 6 rings (SSSR count). The summed E-state index contributed by atoms with van der Waals surface area (Å²) in [5, 5.41) is 23.4. The zero-order chi connectivity index (χ0) is 72.1. The molecule has 100 heavy (non-hydrogen) atoms. The van der Waals surface area contributed by atoms with Crippen molar-refractivity contribution in [3.05, 3.63) is 203 Å².